The van der Waals surface area contributed by atoms with Crippen LogP contribution in [0, 0.1) is 0 Å². The van der Waals surface area contributed by atoms with Crippen LogP contribution >= 0.6 is 0 Å². The van der Waals surface area contributed by atoms with E-state index in [2.05, 4.69) is 10.6 Å². The van der Waals surface area contributed by atoms with Crippen molar-refractivity contribution in [3.05, 3.63) is 30.3 Å². The van der Waals surface area contributed by atoms with Gasteiger partial charge in [0, 0.05) is 12.7 Å². The molecule has 2 rings (SSSR count). The lowest BCUT2D eigenvalue weighted by atomic mass is 9.98. The maximum atomic E-state index is 12.3. The predicted molar refractivity (Wildman–Crippen MR) is 78.4 cm³/mol. The lowest BCUT2D eigenvalue weighted by Gasteiger charge is -2.28. The molecule has 0 aliphatic carbocycles. The quantitative estimate of drug-likeness (QED) is 0.868. The molecule has 1 aromatic carbocycles. The van der Waals surface area contributed by atoms with Gasteiger partial charge >= 0.3 is 0 Å². The van der Waals surface area contributed by atoms with Crippen molar-refractivity contribution in [2.75, 3.05) is 25.5 Å². The number of hydrogen-bond acceptors (Lipinski definition) is 3. The van der Waals surface area contributed by atoms with Gasteiger partial charge in [-0.3, -0.25) is 9.59 Å². The zero-order chi connectivity index (χ0) is 14.6. The second kappa shape index (κ2) is 6.05. The highest BCUT2D eigenvalue weighted by molar-refractivity contribution is 5.96. The first-order chi connectivity index (χ1) is 9.51. The molecule has 5 nitrogen and oxygen atoms in total. The molecule has 5 heteroatoms. The summed E-state index contributed by atoms with van der Waals surface area (Å²) in [6.45, 7) is 2.81. The van der Waals surface area contributed by atoms with Crippen LogP contribution in [0.25, 0.3) is 0 Å². The minimum Gasteiger partial charge on any atom is -0.335 e. The van der Waals surface area contributed by atoms with E-state index in [1.807, 2.05) is 37.3 Å². The Bertz CT molecular complexity index is 481. The van der Waals surface area contributed by atoms with E-state index in [1.54, 1.807) is 7.05 Å². The molecule has 0 aromatic heterocycles. The Hall–Kier alpha value is -1.88. The zero-order valence-electron chi connectivity index (χ0n) is 12.0. The van der Waals surface area contributed by atoms with E-state index in [0.29, 0.717) is 0 Å². The molecule has 1 aliphatic rings. The molecule has 1 saturated heterocycles. The van der Waals surface area contributed by atoms with Gasteiger partial charge in [0.2, 0.25) is 11.8 Å². The van der Waals surface area contributed by atoms with E-state index < -0.39 is 5.54 Å². The van der Waals surface area contributed by atoms with Crippen molar-refractivity contribution >= 4 is 17.5 Å². The largest absolute Gasteiger partial charge is 0.335 e. The molecule has 20 heavy (non-hydrogen) atoms. The number of anilines is 1. The van der Waals surface area contributed by atoms with Crippen LogP contribution in [0.4, 0.5) is 5.69 Å². The summed E-state index contributed by atoms with van der Waals surface area (Å²) in [5.74, 6) is -0.216. The molecule has 0 radical (unpaired) electrons. The number of likely N-dealkylation sites (N-methyl/N-ethyl adjacent to an activating group) is 1. The van der Waals surface area contributed by atoms with E-state index in [9.17, 15) is 9.59 Å². The van der Waals surface area contributed by atoms with E-state index in [1.165, 1.54) is 4.90 Å². The minimum atomic E-state index is -0.526. The number of nitrogens with zero attached hydrogens (tertiary/aromatic N) is 1. The van der Waals surface area contributed by atoms with Crippen molar-refractivity contribution in [1.82, 2.24) is 10.2 Å². The van der Waals surface area contributed by atoms with Crippen molar-refractivity contribution in [3.8, 4) is 0 Å². The number of amides is 2. The summed E-state index contributed by atoms with van der Waals surface area (Å²) in [7, 11) is 1.66. The SMILES string of the molecule is CN(CC(=O)Nc1ccccc1)C(=O)C1(C)CCCN1. The Labute approximate surface area is 119 Å². The van der Waals surface area contributed by atoms with Crippen molar-refractivity contribution in [3.63, 3.8) is 0 Å². The van der Waals surface area contributed by atoms with E-state index in [-0.39, 0.29) is 18.4 Å². The first kappa shape index (κ1) is 14.5. The molecule has 1 fully saturated rings. The highest BCUT2D eigenvalue weighted by atomic mass is 16.2. The summed E-state index contributed by atoms with van der Waals surface area (Å²) in [6.07, 6.45) is 1.81. The number of rotatable bonds is 4. The minimum absolute atomic E-state index is 0.0294. The molecule has 2 amide bonds. The van der Waals surface area contributed by atoms with Crippen LogP contribution in [-0.4, -0.2) is 42.4 Å². The fourth-order valence-electron chi connectivity index (χ4n) is 2.51. The highest BCUT2D eigenvalue weighted by Gasteiger charge is 2.38. The topological polar surface area (TPSA) is 61.4 Å². The van der Waals surface area contributed by atoms with Gasteiger partial charge in [0.25, 0.3) is 0 Å². The molecule has 2 N–H and O–H groups in total. The van der Waals surface area contributed by atoms with Gasteiger partial charge in [-0.15, -0.1) is 0 Å². The lowest BCUT2D eigenvalue weighted by molar-refractivity contribution is -0.138. The number of benzene rings is 1. The molecule has 0 bridgehead atoms. The van der Waals surface area contributed by atoms with Crippen LogP contribution in [0.15, 0.2) is 30.3 Å². The number of carbonyl (C=O) groups is 2. The maximum Gasteiger partial charge on any atom is 0.243 e. The second-order valence-corrected chi connectivity index (χ2v) is 5.44. The molecule has 0 spiro atoms. The second-order valence-electron chi connectivity index (χ2n) is 5.44. The van der Waals surface area contributed by atoms with E-state index >= 15 is 0 Å². The van der Waals surface area contributed by atoms with Crippen LogP contribution < -0.4 is 10.6 Å². The Kier molecular flexibility index (Phi) is 4.39. The van der Waals surface area contributed by atoms with Crippen molar-refractivity contribution < 1.29 is 9.59 Å². The molecular weight excluding hydrogens is 254 g/mol. The maximum absolute atomic E-state index is 12.3. The summed E-state index contributed by atoms with van der Waals surface area (Å²) in [5, 5.41) is 5.99. The number of hydrogen-bond donors (Lipinski definition) is 2. The monoisotopic (exact) mass is 275 g/mol. The summed E-state index contributed by atoms with van der Waals surface area (Å²) >= 11 is 0. The van der Waals surface area contributed by atoms with Gasteiger partial charge in [-0.2, -0.15) is 0 Å². The molecule has 108 valence electrons. The molecule has 1 atom stereocenters. The molecule has 1 aliphatic heterocycles. The van der Waals surface area contributed by atoms with Crippen molar-refractivity contribution in [2.24, 2.45) is 0 Å². The molecule has 0 saturated carbocycles. The Morgan fingerprint density at radius 1 is 1.35 bits per heavy atom. The van der Waals surface area contributed by atoms with E-state index in [0.717, 1.165) is 25.1 Å². The van der Waals surface area contributed by atoms with Gasteiger partial charge in [0.1, 0.15) is 0 Å². The van der Waals surface area contributed by atoms with Gasteiger partial charge < -0.3 is 15.5 Å². The van der Waals surface area contributed by atoms with Crippen LogP contribution in [-0.2, 0) is 9.59 Å². The smallest absolute Gasteiger partial charge is 0.243 e. The predicted octanol–water partition coefficient (Wildman–Crippen LogP) is 1.23. The zero-order valence-corrected chi connectivity index (χ0v) is 12.0. The average molecular weight is 275 g/mol. The highest BCUT2D eigenvalue weighted by Crippen LogP contribution is 2.20. The Morgan fingerprint density at radius 3 is 2.65 bits per heavy atom. The molecular formula is C15H21N3O2. The molecule has 1 heterocycles. The Morgan fingerprint density at radius 2 is 2.05 bits per heavy atom. The third-order valence-electron chi connectivity index (χ3n) is 3.63. The first-order valence-electron chi connectivity index (χ1n) is 6.87. The number of carbonyl (C=O) groups excluding carboxylic acids is 2. The first-order valence-corrected chi connectivity index (χ1v) is 6.87. The number of nitrogens with one attached hydrogen (secondary N) is 2. The van der Waals surface area contributed by atoms with E-state index in [4.69, 9.17) is 0 Å². The van der Waals surface area contributed by atoms with Gasteiger partial charge in [-0.05, 0) is 38.4 Å². The molecule has 1 unspecified atom stereocenters. The summed E-state index contributed by atoms with van der Waals surface area (Å²) in [4.78, 5) is 25.7. The lowest BCUT2D eigenvalue weighted by Crippen LogP contribution is -2.53. The summed E-state index contributed by atoms with van der Waals surface area (Å²) < 4.78 is 0. The fraction of sp³-hybridized carbons (Fsp3) is 0.467. The Balaban J connectivity index is 1.89. The van der Waals surface area contributed by atoms with Crippen molar-refractivity contribution in [2.45, 2.75) is 25.3 Å². The number of para-hydroxylation sites is 1. The van der Waals surface area contributed by atoms with Gasteiger partial charge in [0.05, 0.1) is 12.1 Å². The summed E-state index contributed by atoms with van der Waals surface area (Å²) in [6, 6.07) is 9.24. The van der Waals surface area contributed by atoms with Crippen LogP contribution in [0.3, 0.4) is 0 Å². The third kappa shape index (κ3) is 3.36. The average Bonchev–Trinajstić information content (AvgIpc) is 2.87. The van der Waals surface area contributed by atoms with Crippen molar-refractivity contribution in [1.29, 1.82) is 0 Å². The normalized spacial score (nSPS) is 21.5. The van der Waals surface area contributed by atoms with Crippen LogP contribution in [0.1, 0.15) is 19.8 Å². The van der Waals surface area contributed by atoms with Gasteiger partial charge in [-0.25, -0.2) is 0 Å². The molecule has 1 aromatic rings. The van der Waals surface area contributed by atoms with Crippen LogP contribution in [0.5, 0.6) is 0 Å². The fourth-order valence-corrected chi connectivity index (χ4v) is 2.51. The van der Waals surface area contributed by atoms with Gasteiger partial charge in [-0.1, -0.05) is 18.2 Å². The van der Waals surface area contributed by atoms with Crippen LogP contribution in [0.2, 0.25) is 0 Å². The third-order valence-corrected chi connectivity index (χ3v) is 3.63. The van der Waals surface area contributed by atoms with Gasteiger partial charge in [0.15, 0.2) is 0 Å². The standard InChI is InChI=1S/C15H21N3O2/c1-15(9-6-10-16-15)14(20)18(2)11-13(19)17-12-7-4-3-5-8-12/h3-5,7-8,16H,6,9-11H2,1-2H3,(H,17,19). The summed E-state index contributed by atoms with van der Waals surface area (Å²) in [5.41, 5.74) is 0.213.